The van der Waals surface area contributed by atoms with Crippen LogP contribution in [0.15, 0.2) is 24.3 Å². The summed E-state index contributed by atoms with van der Waals surface area (Å²) >= 11 is 0. The second-order valence-electron chi connectivity index (χ2n) is 7.02. The van der Waals surface area contributed by atoms with Crippen LogP contribution in [0.4, 0.5) is 0 Å². The largest absolute Gasteiger partial charge is 0.393 e. The van der Waals surface area contributed by atoms with Crippen molar-refractivity contribution in [2.45, 2.75) is 44.9 Å². The molecule has 4 rings (SSSR count). The minimum atomic E-state index is -0.196. The van der Waals surface area contributed by atoms with E-state index in [2.05, 4.69) is 11.0 Å². The van der Waals surface area contributed by atoms with Gasteiger partial charge in [0.15, 0.2) is 0 Å². The molecule has 0 bridgehead atoms. The van der Waals surface area contributed by atoms with Gasteiger partial charge < -0.3 is 9.84 Å². The van der Waals surface area contributed by atoms with Crippen LogP contribution >= 0.6 is 0 Å². The van der Waals surface area contributed by atoms with Gasteiger partial charge in [-0.15, -0.1) is 0 Å². The van der Waals surface area contributed by atoms with E-state index in [1.54, 1.807) is 0 Å². The van der Waals surface area contributed by atoms with E-state index in [4.69, 9.17) is 14.7 Å². The number of para-hydroxylation sites is 1. The van der Waals surface area contributed by atoms with E-state index in [0.717, 1.165) is 61.4 Å². The predicted molar refractivity (Wildman–Crippen MR) is 92.6 cm³/mol. The monoisotopic (exact) mass is 327 g/mol. The van der Waals surface area contributed by atoms with E-state index >= 15 is 0 Å². The Hall–Kier alpha value is -1.56. The Morgan fingerprint density at radius 2 is 2.12 bits per heavy atom. The van der Waals surface area contributed by atoms with Gasteiger partial charge in [0.25, 0.3) is 0 Å². The van der Waals surface area contributed by atoms with Gasteiger partial charge in [0.05, 0.1) is 31.4 Å². The Morgan fingerprint density at radius 3 is 2.96 bits per heavy atom. The summed E-state index contributed by atoms with van der Waals surface area (Å²) in [4.78, 5) is 11.9. The second kappa shape index (κ2) is 6.75. The molecule has 2 fully saturated rings. The van der Waals surface area contributed by atoms with Gasteiger partial charge in [0.1, 0.15) is 5.82 Å². The van der Waals surface area contributed by atoms with Gasteiger partial charge >= 0.3 is 0 Å². The van der Waals surface area contributed by atoms with Gasteiger partial charge in [-0.2, -0.15) is 0 Å². The first-order valence-electron chi connectivity index (χ1n) is 8.94. The maximum atomic E-state index is 10.3. The first-order chi connectivity index (χ1) is 11.7. The second-order valence-corrected chi connectivity index (χ2v) is 7.02. The number of nitrogens with zero attached hydrogens (tertiary/aromatic N) is 3. The lowest BCUT2D eigenvalue weighted by atomic mass is 9.94. The first kappa shape index (κ1) is 15.9. The van der Waals surface area contributed by atoms with Crippen LogP contribution in [0.2, 0.25) is 0 Å². The van der Waals surface area contributed by atoms with Crippen molar-refractivity contribution in [1.29, 1.82) is 0 Å². The SMILES string of the molecule is Cc1nc(CN2CCOCC2C2CCCC2O)nc2ccccc12. The zero-order chi connectivity index (χ0) is 16.5. The average molecular weight is 327 g/mol. The number of aliphatic hydroxyl groups excluding tert-OH is 1. The molecule has 2 aromatic rings. The Kier molecular flexibility index (Phi) is 4.48. The molecule has 0 radical (unpaired) electrons. The molecule has 1 saturated carbocycles. The summed E-state index contributed by atoms with van der Waals surface area (Å²) in [5.41, 5.74) is 2.03. The molecule has 3 unspecified atom stereocenters. The number of morpholine rings is 1. The molecule has 2 heterocycles. The number of benzene rings is 1. The lowest BCUT2D eigenvalue weighted by molar-refractivity contribution is -0.0545. The van der Waals surface area contributed by atoms with Crippen LogP contribution in [-0.2, 0) is 11.3 Å². The smallest absolute Gasteiger partial charge is 0.143 e. The standard InChI is InChI=1S/C19H25N3O2/c1-13-14-5-2-3-7-16(14)21-19(20-13)11-22-9-10-24-12-17(22)15-6-4-8-18(15)23/h2-3,5,7,15,17-18,23H,4,6,8-12H2,1H3. The summed E-state index contributed by atoms with van der Waals surface area (Å²) in [6, 6.07) is 8.43. The molecule has 0 spiro atoms. The summed E-state index contributed by atoms with van der Waals surface area (Å²) < 4.78 is 5.71. The molecular formula is C19H25N3O2. The van der Waals surface area contributed by atoms with Crippen molar-refractivity contribution in [3.8, 4) is 0 Å². The number of ether oxygens (including phenoxy) is 1. The number of aliphatic hydroxyl groups is 1. The maximum absolute atomic E-state index is 10.3. The average Bonchev–Trinajstić information content (AvgIpc) is 3.01. The number of aryl methyl sites for hydroxylation is 1. The van der Waals surface area contributed by atoms with E-state index in [-0.39, 0.29) is 12.1 Å². The van der Waals surface area contributed by atoms with Crippen molar-refractivity contribution in [2.75, 3.05) is 19.8 Å². The topological polar surface area (TPSA) is 58.5 Å². The molecule has 1 aromatic carbocycles. The molecule has 5 heteroatoms. The lowest BCUT2D eigenvalue weighted by Crippen LogP contribution is -2.50. The third-order valence-corrected chi connectivity index (χ3v) is 5.49. The van der Waals surface area contributed by atoms with E-state index < -0.39 is 0 Å². The number of fused-ring (bicyclic) bond motifs is 1. The Bertz CT molecular complexity index is 721. The number of hydrogen-bond acceptors (Lipinski definition) is 5. The van der Waals surface area contributed by atoms with Gasteiger partial charge in [0.2, 0.25) is 0 Å². The summed E-state index contributed by atoms with van der Waals surface area (Å²) in [7, 11) is 0. The predicted octanol–water partition coefficient (Wildman–Crippen LogP) is 2.30. The van der Waals surface area contributed by atoms with Gasteiger partial charge in [-0.25, -0.2) is 9.97 Å². The normalized spacial score (nSPS) is 28.5. The van der Waals surface area contributed by atoms with Crippen LogP contribution < -0.4 is 0 Å². The fraction of sp³-hybridized carbons (Fsp3) is 0.579. The molecule has 2 aliphatic rings. The summed E-state index contributed by atoms with van der Waals surface area (Å²) in [5.74, 6) is 1.18. The van der Waals surface area contributed by atoms with E-state index in [9.17, 15) is 5.11 Å². The summed E-state index contributed by atoms with van der Waals surface area (Å²) in [6.45, 7) is 5.09. The lowest BCUT2D eigenvalue weighted by Gasteiger charge is -2.39. The number of hydrogen-bond donors (Lipinski definition) is 1. The van der Waals surface area contributed by atoms with Crippen LogP contribution in [0.5, 0.6) is 0 Å². The molecule has 1 aliphatic carbocycles. The number of rotatable bonds is 3. The van der Waals surface area contributed by atoms with Gasteiger partial charge in [-0.1, -0.05) is 24.6 Å². The molecule has 1 aromatic heterocycles. The minimum Gasteiger partial charge on any atom is -0.393 e. The van der Waals surface area contributed by atoms with E-state index in [1.165, 1.54) is 0 Å². The highest BCUT2D eigenvalue weighted by molar-refractivity contribution is 5.80. The maximum Gasteiger partial charge on any atom is 0.143 e. The van der Waals surface area contributed by atoms with Crippen molar-refractivity contribution < 1.29 is 9.84 Å². The highest BCUT2D eigenvalue weighted by atomic mass is 16.5. The molecule has 1 N–H and O–H groups in total. The van der Waals surface area contributed by atoms with Gasteiger partial charge in [-0.3, -0.25) is 4.90 Å². The summed E-state index contributed by atoms with van der Waals surface area (Å²) in [6.07, 6.45) is 2.92. The molecular weight excluding hydrogens is 302 g/mol. The van der Waals surface area contributed by atoms with E-state index in [0.29, 0.717) is 12.5 Å². The molecule has 1 saturated heterocycles. The Balaban J connectivity index is 1.58. The minimum absolute atomic E-state index is 0.196. The molecule has 3 atom stereocenters. The third kappa shape index (κ3) is 3.04. The highest BCUT2D eigenvalue weighted by Gasteiger charge is 2.37. The quantitative estimate of drug-likeness (QED) is 0.937. The molecule has 5 nitrogen and oxygen atoms in total. The Labute approximate surface area is 142 Å². The van der Waals surface area contributed by atoms with Crippen molar-refractivity contribution in [1.82, 2.24) is 14.9 Å². The van der Waals surface area contributed by atoms with Crippen LogP contribution in [-0.4, -0.2) is 51.9 Å². The third-order valence-electron chi connectivity index (χ3n) is 5.49. The molecule has 128 valence electrons. The fourth-order valence-electron chi connectivity index (χ4n) is 4.21. The zero-order valence-electron chi connectivity index (χ0n) is 14.2. The van der Waals surface area contributed by atoms with E-state index in [1.807, 2.05) is 25.1 Å². The van der Waals surface area contributed by atoms with Gasteiger partial charge in [0, 0.05) is 29.6 Å². The summed E-state index contributed by atoms with van der Waals surface area (Å²) in [5, 5.41) is 11.4. The molecule has 24 heavy (non-hydrogen) atoms. The van der Waals surface area contributed by atoms with Crippen molar-refractivity contribution >= 4 is 10.9 Å². The van der Waals surface area contributed by atoms with Gasteiger partial charge in [-0.05, 0) is 25.8 Å². The zero-order valence-corrected chi connectivity index (χ0v) is 14.2. The van der Waals surface area contributed by atoms with Crippen molar-refractivity contribution in [2.24, 2.45) is 5.92 Å². The fourth-order valence-corrected chi connectivity index (χ4v) is 4.21. The molecule has 1 aliphatic heterocycles. The first-order valence-corrected chi connectivity index (χ1v) is 8.94. The van der Waals surface area contributed by atoms with Crippen molar-refractivity contribution in [3.63, 3.8) is 0 Å². The van der Waals surface area contributed by atoms with Crippen molar-refractivity contribution in [3.05, 3.63) is 35.8 Å². The van der Waals surface area contributed by atoms with Crippen LogP contribution in [0, 0.1) is 12.8 Å². The Morgan fingerprint density at radius 1 is 1.25 bits per heavy atom. The van der Waals surface area contributed by atoms with Crippen LogP contribution in [0.25, 0.3) is 10.9 Å². The highest BCUT2D eigenvalue weighted by Crippen LogP contribution is 2.32. The number of aromatic nitrogens is 2. The van der Waals surface area contributed by atoms with Crippen LogP contribution in [0.3, 0.4) is 0 Å². The van der Waals surface area contributed by atoms with Crippen LogP contribution in [0.1, 0.15) is 30.8 Å². The molecule has 0 amide bonds.